The molecule has 0 nitrogen and oxygen atoms in total. The Hall–Kier alpha value is 0. The largest absolute Gasteiger partial charge is 0.0654 e. The maximum atomic E-state index is 2.21. The van der Waals surface area contributed by atoms with Crippen molar-refractivity contribution >= 4 is 0 Å². The van der Waals surface area contributed by atoms with Gasteiger partial charge in [0.15, 0.2) is 0 Å². The lowest BCUT2D eigenvalue weighted by Crippen LogP contribution is -1.59. The van der Waals surface area contributed by atoms with E-state index in [1.54, 1.807) is 0 Å². The van der Waals surface area contributed by atoms with E-state index < -0.39 is 0 Å². The maximum Gasteiger partial charge on any atom is 0 e. The van der Waals surface area contributed by atoms with Crippen molar-refractivity contribution in [2.75, 3.05) is 0 Å². The first-order valence-corrected chi connectivity index (χ1v) is 2.41. The molecule has 0 unspecified atom stereocenters. The fourth-order valence-corrected chi connectivity index (χ4v) is 0.354. The van der Waals surface area contributed by atoms with Gasteiger partial charge in [0.25, 0.3) is 0 Å². The SMILES string of the molecule is CCCCC.[HH].[HH].[HH].[HH]. The van der Waals surface area contributed by atoms with Gasteiger partial charge in [-0.15, -0.1) is 0 Å². The predicted molar refractivity (Wildman–Crippen MR) is 33.7 cm³/mol. The van der Waals surface area contributed by atoms with Crippen molar-refractivity contribution in [1.82, 2.24) is 0 Å². The van der Waals surface area contributed by atoms with E-state index in [-0.39, 0.29) is 5.71 Å². The zero-order valence-electron chi connectivity index (χ0n) is 4.12. The van der Waals surface area contributed by atoms with Crippen LogP contribution in [0.3, 0.4) is 0 Å². The van der Waals surface area contributed by atoms with Crippen LogP contribution in [-0.2, 0) is 0 Å². The third kappa shape index (κ3) is 4.00. The van der Waals surface area contributed by atoms with Crippen molar-refractivity contribution < 1.29 is 5.71 Å². The summed E-state index contributed by atoms with van der Waals surface area (Å²) in [7, 11) is 0. The highest BCUT2D eigenvalue weighted by Crippen LogP contribution is 1.88. The lowest BCUT2D eigenvalue weighted by atomic mass is 10.3. The van der Waals surface area contributed by atoms with Crippen molar-refractivity contribution in [1.29, 1.82) is 0 Å². The molecule has 0 aliphatic carbocycles. The molecule has 0 aromatic carbocycles. The van der Waals surface area contributed by atoms with Crippen LogP contribution in [0.1, 0.15) is 38.8 Å². The Morgan fingerprint density at radius 3 is 1.60 bits per heavy atom. The first-order chi connectivity index (χ1) is 2.41. The molecule has 0 aromatic heterocycles. The number of hydrogen-bond donors (Lipinski definition) is 0. The Bertz CT molecular complexity index is 16.4. The van der Waals surface area contributed by atoms with Crippen LogP contribution >= 0.6 is 0 Å². The first-order valence-electron chi connectivity index (χ1n) is 2.41. The van der Waals surface area contributed by atoms with Gasteiger partial charge < -0.3 is 0 Å². The lowest BCUT2D eigenvalue weighted by molar-refractivity contribution is 0.772. The molecule has 0 saturated heterocycles. The van der Waals surface area contributed by atoms with E-state index in [1.165, 1.54) is 19.3 Å². The van der Waals surface area contributed by atoms with Crippen LogP contribution in [0.2, 0.25) is 0 Å². The average molecular weight is 80.2 g/mol. The van der Waals surface area contributed by atoms with E-state index in [2.05, 4.69) is 13.8 Å². The highest BCUT2D eigenvalue weighted by atomic mass is 13.7. The number of unbranched alkanes of at least 4 members (excludes halogenated alkanes) is 2. The third-order valence-corrected chi connectivity index (χ3v) is 0.707. The second-order valence-corrected chi connectivity index (χ2v) is 1.35. The van der Waals surface area contributed by atoms with E-state index in [1.807, 2.05) is 0 Å². The fourth-order valence-electron chi connectivity index (χ4n) is 0.354. The third-order valence-electron chi connectivity index (χ3n) is 0.707. The Kier molecular flexibility index (Phi) is 4.00. The van der Waals surface area contributed by atoms with Gasteiger partial charge in [-0.3, -0.25) is 0 Å². The molecule has 0 N–H and O–H groups in total. The van der Waals surface area contributed by atoms with Crippen LogP contribution in [0, 0.1) is 0 Å². The molecule has 0 amide bonds. The Labute approximate surface area is 40.1 Å². The van der Waals surface area contributed by atoms with Gasteiger partial charge in [0.05, 0.1) is 0 Å². The Morgan fingerprint density at radius 1 is 1.20 bits per heavy atom. The summed E-state index contributed by atoms with van der Waals surface area (Å²) in [6.07, 6.45) is 4.08. The predicted octanol–water partition coefficient (Wildman–Crippen LogP) is 3.18. The lowest BCUT2D eigenvalue weighted by Gasteiger charge is -1.79. The topological polar surface area (TPSA) is 0 Å². The quantitative estimate of drug-likeness (QED) is 0.478. The molecule has 0 heterocycles. The summed E-state index contributed by atoms with van der Waals surface area (Å²) in [5.41, 5.74) is 0. The molecule has 5 heavy (non-hydrogen) atoms. The molecule has 0 fully saturated rings. The standard InChI is InChI=1S/C5H12.4H2/c1-3-5-4-2;;;;/h3-5H2,1-2H3;4*1H. The summed E-state index contributed by atoms with van der Waals surface area (Å²) in [5.74, 6) is 0. The normalized spacial score (nSPS) is 8.40. The molecule has 40 valence electrons. The molecule has 0 heteroatoms. The van der Waals surface area contributed by atoms with Crippen LogP contribution in [0.5, 0.6) is 0 Å². The molecule has 0 aliphatic rings. The van der Waals surface area contributed by atoms with Crippen LogP contribution in [0.4, 0.5) is 0 Å². The van der Waals surface area contributed by atoms with E-state index in [0.717, 1.165) is 0 Å². The summed E-state index contributed by atoms with van der Waals surface area (Å²) < 4.78 is 0. The van der Waals surface area contributed by atoms with Gasteiger partial charge in [0, 0.05) is 5.71 Å². The van der Waals surface area contributed by atoms with Gasteiger partial charge in [-0.25, -0.2) is 0 Å². The van der Waals surface area contributed by atoms with Gasteiger partial charge in [-0.05, 0) is 0 Å². The molecular formula is C5H20. The zero-order valence-corrected chi connectivity index (χ0v) is 4.12. The van der Waals surface area contributed by atoms with Gasteiger partial charge in [0.2, 0.25) is 0 Å². The highest BCUT2D eigenvalue weighted by Gasteiger charge is 1.68. The van der Waals surface area contributed by atoms with Crippen LogP contribution in [0.15, 0.2) is 0 Å². The Balaban J connectivity index is -0.0000000133. The maximum absolute atomic E-state index is 2.21. The molecule has 0 saturated carbocycles. The van der Waals surface area contributed by atoms with Crippen molar-refractivity contribution in [2.45, 2.75) is 33.1 Å². The minimum Gasteiger partial charge on any atom is -0.0654 e. The minimum absolute atomic E-state index is 0. The molecule has 0 atom stereocenters. The van der Waals surface area contributed by atoms with Crippen molar-refractivity contribution in [2.24, 2.45) is 0 Å². The van der Waals surface area contributed by atoms with Gasteiger partial charge >= 0.3 is 0 Å². The van der Waals surface area contributed by atoms with Crippen molar-refractivity contribution in [3.63, 3.8) is 0 Å². The summed E-state index contributed by atoms with van der Waals surface area (Å²) >= 11 is 0. The molecular weight excluding hydrogens is 60.1 g/mol. The summed E-state index contributed by atoms with van der Waals surface area (Å²) in [6.45, 7) is 4.42. The van der Waals surface area contributed by atoms with E-state index in [4.69, 9.17) is 0 Å². The number of hydrogen-bond acceptors (Lipinski definition) is 0. The van der Waals surface area contributed by atoms with Crippen molar-refractivity contribution in [3.05, 3.63) is 0 Å². The van der Waals surface area contributed by atoms with Crippen LogP contribution in [-0.4, -0.2) is 0 Å². The zero-order chi connectivity index (χ0) is 4.12. The fraction of sp³-hybridized carbons (Fsp3) is 1.00. The molecule has 0 spiro atoms. The minimum atomic E-state index is 0. The smallest absolute Gasteiger partial charge is 0 e. The van der Waals surface area contributed by atoms with Gasteiger partial charge in [-0.2, -0.15) is 0 Å². The van der Waals surface area contributed by atoms with E-state index >= 15 is 0 Å². The Morgan fingerprint density at radius 2 is 1.60 bits per heavy atom. The summed E-state index contributed by atoms with van der Waals surface area (Å²) in [5, 5.41) is 0. The average Bonchev–Trinajstić information content (AvgIpc) is 1.41. The van der Waals surface area contributed by atoms with Gasteiger partial charge in [0.1, 0.15) is 0 Å². The molecule has 0 radical (unpaired) electrons. The van der Waals surface area contributed by atoms with E-state index in [0.29, 0.717) is 0 Å². The van der Waals surface area contributed by atoms with E-state index in [9.17, 15) is 0 Å². The molecule has 0 aliphatic heterocycles. The van der Waals surface area contributed by atoms with Crippen LogP contribution in [0.25, 0.3) is 0 Å². The van der Waals surface area contributed by atoms with Gasteiger partial charge in [-0.1, -0.05) is 33.1 Å². The number of rotatable bonds is 2. The molecule has 0 rings (SSSR count). The summed E-state index contributed by atoms with van der Waals surface area (Å²) in [4.78, 5) is 0. The second-order valence-electron chi connectivity index (χ2n) is 1.35. The highest BCUT2D eigenvalue weighted by molar-refractivity contribution is 4.24. The first kappa shape index (κ1) is 5.00. The molecule has 0 aromatic rings. The van der Waals surface area contributed by atoms with Crippen LogP contribution < -0.4 is 0 Å². The summed E-state index contributed by atoms with van der Waals surface area (Å²) in [6, 6.07) is 0. The molecule has 0 bridgehead atoms. The second kappa shape index (κ2) is 4.00. The monoisotopic (exact) mass is 80.2 g/mol. The van der Waals surface area contributed by atoms with Crippen molar-refractivity contribution in [3.8, 4) is 0 Å².